The Balaban J connectivity index is 1.40. The number of rotatable bonds is 6. The van der Waals surface area contributed by atoms with Gasteiger partial charge in [0.2, 0.25) is 5.95 Å². The molecule has 1 aliphatic rings. The van der Waals surface area contributed by atoms with Crippen LogP contribution in [0.1, 0.15) is 5.56 Å². The third kappa shape index (κ3) is 4.95. The molecule has 11 heteroatoms. The Labute approximate surface area is 218 Å². The molecule has 4 aromatic rings. The number of anilines is 2. The molecule has 5 rings (SSSR count). The second-order valence-electron chi connectivity index (χ2n) is 8.41. The minimum Gasteiger partial charge on any atom is -0.493 e. The van der Waals surface area contributed by atoms with Gasteiger partial charge in [-0.15, -0.1) is 0 Å². The normalized spacial score (nSPS) is 14.3. The first-order chi connectivity index (χ1) is 17.4. The van der Waals surface area contributed by atoms with E-state index in [1.165, 1.54) is 0 Å². The number of ether oxygens (including phenoxy) is 2. The van der Waals surface area contributed by atoms with Crippen molar-refractivity contribution in [1.29, 1.82) is 0 Å². The zero-order chi connectivity index (χ0) is 25.2. The van der Waals surface area contributed by atoms with E-state index in [1.54, 1.807) is 20.4 Å². The van der Waals surface area contributed by atoms with Crippen molar-refractivity contribution in [2.75, 3.05) is 51.0 Å². The zero-order valence-electron chi connectivity index (χ0n) is 19.9. The molecule has 0 amide bonds. The molecule has 0 bridgehead atoms. The summed E-state index contributed by atoms with van der Waals surface area (Å²) in [5.41, 5.74) is 9.74. The standard InChI is InChI=1S/C25H25Cl2N7O2/c1-35-20-6-4-16(12-21(20)36-2)19-13-29-23-22(30-19)24(32-25(28)31-23)34-9-7-33(8-10-34)14-15-3-5-17(26)18(27)11-15/h3-6,11-13H,7-10,14H2,1-2H3,(H2,28,29,31,32). The van der Waals surface area contributed by atoms with Gasteiger partial charge in [-0.05, 0) is 35.9 Å². The Morgan fingerprint density at radius 3 is 2.39 bits per heavy atom. The number of benzene rings is 2. The number of hydrogen-bond acceptors (Lipinski definition) is 9. The van der Waals surface area contributed by atoms with E-state index in [0.717, 1.165) is 43.9 Å². The number of hydrogen-bond donors (Lipinski definition) is 1. The maximum Gasteiger partial charge on any atom is 0.224 e. The van der Waals surface area contributed by atoms with Crippen molar-refractivity contribution >= 4 is 46.1 Å². The van der Waals surface area contributed by atoms with Crippen molar-refractivity contribution in [3.05, 3.63) is 58.2 Å². The van der Waals surface area contributed by atoms with Gasteiger partial charge >= 0.3 is 0 Å². The molecule has 0 atom stereocenters. The van der Waals surface area contributed by atoms with Gasteiger partial charge in [-0.1, -0.05) is 29.3 Å². The lowest BCUT2D eigenvalue weighted by Crippen LogP contribution is -2.46. The van der Waals surface area contributed by atoms with Crippen LogP contribution in [0, 0.1) is 0 Å². The predicted molar refractivity (Wildman–Crippen MR) is 142 cm³/mol. The number of aromatic nitrogens is 4. The largest absolute Gasteiger partial charge is 0.493 e. The fourth-order valence-corrected chi connectivity index (χ4v) is 4.60. The van der Waals surface area contributed by atoms with E-state index in [0.29, 0.717) is 44.2 Å². The van der Waals surface area contributed by atoms with Gasteiger partial charge in [-0.25, -0.2) is 9.97 Å². The Kier molecular flexibility index (Phi) is 6.95. The average Bonchev–Trinajstić information content (AvgIpc) is 2.90. The van der Waals surface area contributed by atoms with Crippen molar-refractivity contribution in [2.45, 2.75) is 6.54 Å². The van der Waals surface area contributed by atoms with Gasteiger partial charge < -0.3 is 20.1 Å². The highest BCUT2D eigenvalue weighted by atomic mass is 35.5. The number of methoxy groups -OCH3 is 2. The van der Waals surface area contributed by atoms with Crippen molar-refractivity contribution in [2.24, 2.45) is 0 Å². The Morgan fingerprint density at radius 1 is 0.889 bits per heavy atom. The summed E-state index contributed by atoms with van der Waals surface area (Å²) in [5, 5.41) is 1.13. The molecule has 2 N–H and O–H groups in total. The van der Waals surface area contributed by atoms with Crippen LogP contribution < -0.4 is 20.1 Å². The number of halogens is 2. The van der Waals surface area contributed by atoms with E-state index >= 15 is 0 Å². The van der Waals surface area contributed by atoms with Crippen LogP contribution in [-0.2, 0) is 6.54 Å². The highest BCUT2D eigenvalue weighted by Gasteiger charge is 2.23. The molecule has 9 nitrogen and oxygen atoms in total. The van der Waals surface area contributed by atoms with Gasteiger partial charge in [-0.2, -0.15) is 9.97 Å². The quantitative estimate of drug-likeness (QED) is 0.394. The van der Waals surface area contributed by atoms with E-state index in [-0.39, 0.29) is 5.95 Å². The summed E-state index contributed by atoms with van der Waals surface area (Å²) in [6, 6.07) is 11.4. The molecule has 2 aromatic heterocycles. The molecule has 3 heterocycles. The molecule has 2 aromatic carbocycles. The first-order valence-electron chi connectivity index (χ1n) is 11.4. The van der Waals surface area contributed by atoms with Crippen molar-refractivity contribution in [3.8, 4) is 22.8 Å². The van der Waals surface area contributed by atoms with E-state index in [4.69, 9.17) is 43.4 Å². The molecule has 36 heavy (non-hydrogen) atoms. The van der Waals surface area contributed by atoms with Crippen LogP contribution in [0.25, 0.3) is 22.4 Å². The van der Waals surface area contributed by atoms with Gasteiger partial charge in [0.15, 0.2) is 28.5 Å². The first-order valence-corrected chi connectivity index (χ1v) is 12.1. The fraction of sp³-hybridized carbons (Fsp3) is 0.280. The minimum atomic E-state index is 0.170. The van der Waals surface area contributed by atoms with Crippen LogP contribution in [0.4, 0.5) is 11.8 Å². The Hall–Kier alpha value is -3.40. The molecular weight excluding hydrogens is 501 g/mol. The highest BCUT2D eigenvalue weighted by molar-refractivity contribution is 6.42. The summed E-state index contributed by atoms with van der Waals surface area (Å²) in [6.07, 6.45) is 1.68. The van der Waals surface area contributed by atoms with Gasteiger partial charge in [-0.3, -0.25) is 4.90 Å². The molecule has 1 fully saturated rings. The number of fused-ring (bicyclic) bond motifs is 1. The number of nitrogen functional groups attached to an aromatic ring is 1. The van der Waals surface area contributed by atoms with E-state index in [9.17, 15) is 0 Å². The second kappa shape index (κ2) is 10.3. The van der Waals surface area contributed by atoms with Crippen LogP contribution in [0.15, 0.2) is 42.6 Å². The number of piperazine rings is 1. The minimum absolute atomic E-state index is 0.170. The van der Waals surface area contributed by atoms with Gasteiger partial charge in [0.25, 0.3) is 0 Å². The molecule has 1 aliphatic heterocycles. The molecule has 0 aliphatic carbocycles. The van der Waals surface area contributed by atoms with Gasteiger partial charge in [0.05, 0.1) is 36.2 Å². The summed E-state index contributed by atoms with van der Waals surface area (Å²) >= 11 is 12.2. The second-order valence-corrected chi connectivity index (χ2v) is 9.23. The molecule has 0 unspecified atom stereocenters. The maximum absolute atomic E-state index is 6.18. The van der Waals surface area contributed by atoms with E-state index in [2.05, 4.69) is 24.8 Å². The summed E-state index contributed by atoms with van der Waals surface area (Å²) in [5.74, 6) is 2.11. The number of nitrogens with two attached hydrogens (primary N) is 1. The molecule has 0 saturated carbocycles. The Bertz CT molecular complexity index is 1410. The highest BCUT2D eigenvalue weighted by Crippen LogP contribution is 2.33. The third-order valence-electron chi connectivity index (χ3n) is 6.15. The lowest BCUT2D eigenvalue weighted by Gasteiger charge is -2.35. The topological polar surface area (TPSA) is 103 Å². The smallest absolute Gasteiger partial charge is 0.224 e. The molecule has 0 radical (unpaired) electrons. The monoisotopic (exact) mass is 525 g/mol. The fourth-order valence-electron chi connectivity index (χ4n) is 4.28. The van der Waals surface area contributed by atoms with Crippen LogP contribution in [-0.4, -0.2) is 65.2 Å². The van der Waals surface area contributed by atoms with Crippen LogP contribution in [0.2, 0.25) is 10.0 Å². The summed E-state index contributed by atoms with van der Waals surface area (Å²) in [7, 11) is 3.20. The summed E-state index contributed by atoms with van der Waals surface area (Å²) in [6.45, 7) is 3.99. The van der Waals surface area contributed by atoms with Gasteiger partial charge in [0.1, 0.15) is 0 Å². The van der Waals surface area contributed by atoms with Gasteiger partial charge in [0, 0.05) is 38.3 Å². The maximum atomic E-state index is 6.18. The van der Waals surface area contributed by atoms with Crippen molar-refractivity contribution < 1.29 is 9.47 Å². The third-order valence-corrected chi connectivity index (χ3v) is 6.89. The number of nitrogens with zero attached hydrogens (tertiary/aromatic N) is 6. The lowest BCUT2D eigenvalue weighted by molar-refractivity contribution is 0.249. The molecule has 0 spiro atoms. The average molecular weight is 526 g/mol. The van der Waals surface area contributed by atoms with Crippen LogP contribution in [0.3, 0.4) is 0 Å². The molecular formula is C25H25Cl2N7O2. The molecule has 186 valence electrons. The predicted octanol–water partition coefficient (Wildman–Crippen LogP) is 4.32. The summed E-state index contributed by atoms with van der Waals surface area (Å²) in [4.78, 5) is 22.8. The summed E-state index contributed by atoms with van der Waals surface area (Å²) < 4.78 is 10.8. The lowest BCUT2D eigenvalue weighted by atomic mass is 10.1. The SMILES string of the molecule is COc1ccc(-c2cnc3nc(N)nc(N4CCN(Cc5ccc(Cl)c(Cl)c5)CC4)c3n2)cc1OC. The molecule has 1 saturated heterocycles. The first kappa shape index (κ1) is 24.3. The van der Waals surface area contributed by atoms with Crippen LogP contribution >= 0.6 is 23.2 Å². The Morgan fingerprint density at radius 2 is 1.67 bits per heavy atom. The van der Waals surface area contributed by atoms with E-state index in [1.807, 2.05) is 36.4 Å². The van der Waals surface area contributed by atoms with Crippen molar-refractivity contribution in [1.82, 2.24) is 24.8 Å². The van der Waals surface area contributed by atoms with Crippen molar-refractivity contribution in [3.63, 3.8) is 0 Å². The van der Waals surface area contributed by atoms with E-state index < -0.39 is 0 Å². The van der Waals surface area contributed by atoms with Crippen LogP contribution in [0.5, 0.6) is 11.5 Å². The zero-order valence-corrected chi connectivity index (χ0v) is 21.4.